The molecular weight excluding hydrogens is 410 g/mol. The van der Waals surface area contributed by atoms with Crippen molar-refractivity contribution in [2.75, 3.05) is 10.2 Å². The summed E-state index contributed by atoms with van der Waals surface area (Å²) < 4.78 is 27.3. The van der Waals surface area contributed by atoms with Crippen LogP contribution in [0.15, 0.2) is 96.7 Å². The monoisotopic (exact) mass is 426 g/mol. The number of nitrogens with one attached hydrogen (secondary N) is 1. The van der Waals surface area contributed by atoms with Crippen molar-refractivity contribution in [1.29, 1.82) is 0 Å². The van der Waals surface area contributed by atoms with Crippen molar-refractivity contribution in [3.63, 3.8) is 0 Å². The average Bonchev–Trinajstić information content (AvgIpc) is 3.06. The van der Waals surface area contributed by atoms with E-state index in [0.717, 1.165) is 27.8 Å². The van der Waals surface area contributed by atoms with Gasteiger partial charge in [-0.15, -0.1) is 0 Å². The lowest BCUT2D eigenvalue weighted by Gasteiger charge is -2.16. The Bertz CT molecular complexity index is 1410. The Kier molecular flexibility index (Phi) is 4.75. The molecule has 156 valence electrons. The number of carbonyl (C=O) groups excluding carboxylic acids is 2. The van der Waals surface area contributed by atoms with Crippen LogP contribution in [-0.4, -0.2) is 11.8 Å². The molecular formula is C26H16F2N2O2. The number of hydrogen-bond donors (Lipinski definition) is 1. The second kappa shape index (κ2) is 7.74. The minimum atomic E-state index is -1.14. The number of nitrogens with zero attached hydrogens (tertiary/aromatic N) is 1. The van der Waals surface area contributed by atoms with Gasteiger partial charge >= 0.3 is 0 Å². The normalized spacial score (nSPS) is 13.9. The van der Waals surface area contributed by atoms with Gasteiger partial charge in [0.2, 0.25) is 0 Å². The van der Waals surface area contributed by atoms with E-state index in [9.17, 15) is 18.4 Å². The molecule has 4 nitrogen and oxygen atoms in total. The van der Waals surface area contributed by atoms with Crippen LogP contribution in [0.4, 0.5) is 20.2 Å². The molecule has 0 atom stereocenters. The summed E-state index contributed by atoms with van der Waals surface area (Å²) in [7, 11) is 0. The minimum Gasteiger partial charge on any atom is -0.350 e. The molecule has 0 spiro atoms. The summed E-state index contributed by atoms with van der Waals surface area (Å²) in [4.78, 5) is 27.6. The van der Waals surface area contributed by atoms with Crippen molar-refractivity contribution < 1.29 is 18.4 Å². The van der Waals surface area contributed by atoms with E-state index in [4.69, 9.17) is 0 Å². The highest BCUT2D eigenvalue weighted by molar-refractivity contribution is 6.46. The molecule has 32 heavy (non-hydrogen) atoms. The van der Waals surface area contributed by atoms with Gasteiger partial charge in [0.1, 0.15) is 5.70 Å². The molecule has 4 aromatic rings. The fourth-order valence-electron chi connectivity index (χ4n) is 3.85. The topological polar surface area (TPSA) is 49.4 Å². The van der Waals surface area contributed by atoms with E-state index in [2.05, 4.69) is 5.32 Å². The van der Waals surface area contributed by atoms with Crippen molar-refractivity contribution in [2.45, 2.75) is 0 Å². The molecule has 1 aliphatic rings. The van der Waals surface area contributed by atoms with E-state index >= 15 is 0 Å². The van der Waals surface area contributed by atoms with E-state index in [-0.39, 0.29) is 17.0 Å². The standard InChI is InChI=1S/C26H16F2N2O2/c27-20-14-13-18(15-21(20)28)30-25(31)23(17-8-2-1-3-9-17)24(26(30)32)29-22-12-6-10-16-7-4-5-11-19(16)22/h1-15,29H. The Morgan fingerprint density at radius 2 is 1.41 bits per heavy atom. The number of anilines is 2. The number of hydrogen-bond acceptors (Lipinski definition) is 3. The first-order valence-electron chi connectivity index (χ1n) is 9.93. The number of amides is 2. The first kappa shape index (κ1) is 19.6. The zero-order valence-electron chi connectivity index (χ0n) is 16.7. The number of halogens is 2. The van der Waals surface area contributed by atoms with Crippen LogP contribution in [0, 0.1) is 11.6 Å². The van der Waals surface area contributed by atoms with E-state index in [1.165, 1.54) is 6.07 Å². The highest BCUT2D eigenvalue weighted by atomic mass is 19.2. The number of rotatable bonds is 4. The molecule has 0 saturated heterocycles. The van der Waals surface area contributed by atoms with E-state index < -0.39 is 23.4 Å². The molecule has 0 unspecified atom stereocenters. The molecule has 5 rings (SSSR count). The maximum absolute atomic E-state index is 13.9. The summed E-state index contributed by atoms with van der Waals surface area (Å²) in [5.41, 5.74) is 1.39. The van der Waals surface area contributed by atoms with Crippen molar-refractivity contribution in [1.82, 2.24) is 0 Å². The summed E-state index contributed by atoms with van der Waals surface area (Å²) in [6, 6.07) is 25.0. The predicted octanol–water partition coefficient (Wildman–Crippen LogP) is 5.51. The molecule has 2 amide bonds. The van der Waals surface area contributed by atoms with Gasteiger partial charge in [-0.3, -0.25) is 9.59 Å². The Morgan fingerprint density at radius 1 is 0.688 bits per heavy atom. The molecule has 4 aromatic carbocycles. The Hall–Kier alpha value is -4.32. The maximum atomic E-state index is 13.9. The maximum Gasteiger partial charge on any atom is 0.282 e. The highest BCUT2D eigenvalue weighted by Gasteiger charge is 2.40. The van der Waals surface area contributed by atoms with E-state index in [1.54, 1.807) is 30.3 Å². The summed E-state index contributed by atoms with van der Waals surface area (Å²) >= 11 is 0. The SMILES string of the molecule is O=C1C(Nc2cccc3ccccc23)=C(c2ccccc2)C(=O)N1c1ccc(F)c(F)c1. The van der Waals surface area contributed by atoms with Gasteiger partial charge in [0.05, 0.1) is 11.3 Å². The summed E-state index contributed by atoms with van der Waals surface area (Å²) in [5.74, 6) is -3.46. The molecule has 0 fully saturated rings. The third-order valence-corrected chi connectivity index (χ3v) is 5.36. The lowest BCUT2D eigenvalue weighted by molar-refractivity contribution is -0.120. The number of benzene rings is 4. The van der Waals surface area contributed by atoms with Crippen LogP contribution in [0.3, 0.4) is 0 Å². The van der Waals surface area contributed by atoms with E-state index in [0.29, 0.717) is 11.3 Å². The largest absolute Gasteiger partial charge is 0.350 e. The average molecular weight is 426 g/mol. The van der Waals surface area contributed by atoms with Gasteiger partial charge in [0, 0.05) is 17.1 Å². The van der Waals surface area contributed by atoms with Gasteiger partial charge in [-0.05, 0) is 29.1 Å². The lowest BCUT2D eigenvalue weighted by atomic mass is 10.0. The summed E-state index contributed by atoms with van der Waals surface area (Å²) in [5, 5.41) is 4.98. The zero-order chi connectivity index (χ0) is 22.2. The van der Waals surface area contributed by atoms with Gasteiger partial charge in [-0.1, -0.05) is 66.7 Å². The fraction of sp³-hybridized carbons (Fsp3) is 0. The lowest BCUT2D eigenvalue weighted by Crippen LogP contribution is -2.32. The van der Waals surface area contributed by atoms with Crippen molar-refractivity contribution in [3.8, 4) is 0 Å². The fourth-order valence-corrected chi connectivity index (χ4v) is 3.85. The van der Waals surface area contributed by atoms with Crippen LogP contribution in [-0.2, 0) is 9.59 Å². The van der Waals surface area contributed by atoms with Crippen LogP contribution >= 0.6 is 0 Å². The smallest absolute Gasteiger partial charge is 0.282 e. The quantitative estimate of drug-likeness (QED) is 0.438. The van der Waals surface area contributed by atoms with Gasteiger partial charge in [-0.2, -0.15) is 0 Å². The molecule has 1 heterocycles. The Morgan fingerprint density at radius 3 is 2.19 bits per heavy atom. The Balaban J connectivity index is 1.65. The highest BCUT2D eigenvalue weighted by Crippen LogP contribution is 2.35. The summed E-state index contributed by atoms with van der Waals surface area (Å²) in [6.45, 7) is 0. The molecule has 0 aromatic heterocycles. The van der Waals surface area contributed by atoms with Crippen LogP contribution in [0.1, 0.15) is 5.56 Å². The first-order valence-corrected chi connectivity index (χ1v) is 9.93. The van der Waals surface area contributed by atoms with E-state index in [1.807, 2.05) is 42.5 Å². The number of imide groups is 1. The molecule has 1 N–H and O–H groups in total. The van der Waals surface area contributed by atoms with Gasteiger partial charge < -0.3 is 5.32 Å². The second-order valence-corrected chi connectivity index (χ2v) is 7.31. The van der Waals surface area contributed by atoms with Crippen LogP contribution in [0.2, 0.25) is 0 Å². The molecule has 0 bridgehead atoms. The third-order valence-electron chi connectivity index (χ3n) is 5.36. The molecule has 0 radical (unpaired) electrons. The van der Waals surface area contributed by atoms with Gasteiger partial charge in [0.15, 0.2) is 11.6 Å². The molecule has 0 aliphatic carbocycles. The first-order chi connectivity index (χ1) is 15.5. The van der Waals surface area contributed by atoms with Crippen LogP contribution in [0.25, 0.3) is 16.3 Å². The molecule has 0 saturated carbocycles. The minimum absolute atomic E-state index is 0.0398. The number of fused-ring (bicyclic) bond motifs is 1. The van der Waals surface area contributed by atoms with Crippen molar-refractivity contribution in [2.24, 2.45) is 0 Å². The zero-order valence-corrected chi connectivity index (χ0v) is 16.7. The summed E-state index contributed by atoms with van der Waals surface area (Å²) in [6.07, 6.45) is 0. The Labute approximate surface area is 182 Å². The van der Waals surface area contributed by atoms with Gasteiger partial charge in [0.25, 0.3) is 11.8 Å². The number of carbonyl (C=O) groups is 2. The van der Waals surface area contributed by atoms with Gasteiger partial charge in [-0.25, -0.2) is 13.7 Å². The third kappa shape index (κ3) is 3.22. The second-order valence-electron chi connectivity index (χ2n) is 7.31. The predicted molar refractivity (Wildman–Crippen MR) is 120 cm³/mol. The van der Waals surface area contributed by atoms with Crippen LogP contribution in [0.5, 0.6) is 0 Å². The van der Waals surface area contributed by atoms with Crippen molar-refractivity contribution >= 4 is 39.5 Å². The van der Waals surface area contributed by atoms with Crippen molar-refractivity contribution in [3.05, 3.63) is 114 Å². The molecule has 1 aliphatic heterocycles. The molecule has 6 heteroatoms. The van der Waals surface area contributed by atoms with Crippen LogP contribution < -0.4 is 10.2 Å².